The maximum Gasteiger partial charge on any atom is 0.303 e. The molecular formula is C41H64O11. The molecule has 294 valence electrons. The number of carbonyl (C=O) groups excluding carboxylic acids is 4. The number of ether oxygens (including phenoxy) is 7. The lowest BCUT2D eigenvalue weighted by atomic mass is 9.85. The minimum Gasteiger partial charge on any atom is -0.487 e. The van der Waals surface area contributed by atoms with E-state index in [-0.39, 0.29) is 12.2 Å². The van der Waals surface area contributed by atoms with Crippen LogP contribution in [0.4, 0.5) is 0 Å². The van der Waals surface area contributed by atoms with E-state index in [9.17, 15) is 19.2 Å². The molecule has 0 aliphatic carbocycles. The summed E-state index contributed by atoms with van der Waals surface area (Å²) in [6, 6.07) is 3.70. The zero-order valence-corrected chi connectivity index (χ0v) is 33.2. The molecule has 11 heteroatoms. The average molecular weight is 733 g/mol. The second-order valence-corrected chi connectivity index (χ2v) is 15.8. The van der Waals surface area contributed by atoms with Crippen LogP contribution in [0.15, 0.2) is 12.1 Å². The van der Waals surface area contributed by atoms with Crippen LogP contribution < -0.4 is 9.47 Å². The first kappa shape index (κ1) is 43.1. The normalized spacial score (nSPS) is 25.2. The molecule has 1 aromatic carbocycles. The summed E-state index contributed by atoms with van der Waals surface area (Å²) in [5, 5.41) is 0. The molecule has 11 nitrogen and oxygen atoms in total. The second-order valence-electron chi connectivity index (χ2n) is 15.8. The van der Waals surface area contributed by atoms with Crippen LogP contribution in [-0.4, -0.2) is 66.8 Å². The van der Waals surface area contributed by atoms with Crippen LogP contribution in [0.25, 0.3) is 0 Å². The Hall–Kier alpha value is -3.34. The summed E-state index contributed by atoms with van der Waals surface area (Å²) in [5.74, 6) is 0.873. The smallest absolute Gasteiger partial charge is 0.303 e. The number of rotatable bonds is 19. The molecule has 8 atom stereocenters. The molecule has 0 amide bonds. The Morgan fingerprint density at radius 1 is 0.769 bits per heavy atom. The van der Waals surface area contributed by atoms with Gasteiger partial charge in [-0.15, -0.1) is 0 Å². The monoisotopic (exact) mass is 732 g/mol. The molecule has 2 aliphatic heterocycles. The maximum absolute atomic E-state index is 12.2. The zero-order valence-electron chi connectivity index (χ0n) is 33.2. The van der Waals surface area contributed by atoms with Gasteiger partial charge in [-0.1, -0.05) is 72.6 Å². The molecule has 1 fully saturated rings. The Morgan fingerprint density at radius 3 is 1.90 bits per heavy atom. The van der Waals surface area contributed by atoms with E-state index >= 15 is 0 Å². The van der Waals surface area contributed by atoms with Gasteiger partial charge in [0.2, 0.25) is 12.4 Å². The molecular weight excluding hydrogens is 668 g/mol. The Kier molecular flexibility index (Phi) is 16.7. The molecule has 0 radical (unpaired) electrons. The van der Waals surface area contributed by atoms with E-state index < -0.39 is 54.6 Å². The molecule has 3 rings (SSSR count). The molecule has 0 N–H and O–H groups in total. The lowest BCUT2D eigenvalue weighted by molar-refractivity contribution is -0.288. The molecule has 0 bridgehead atoms. The van der Waals surface area contributed by atoms with Crippen molar-refractivity contribution in [1.29, 1.82) is 0 Å². The fourth-order valence-corrected chi connectivity index (χ4v) is 7.30. The van der Waals surface area contributed by atoms with E-state index in [1.54, 1.807) is 0 Å². The third-order valence-corrected chi connectivity index (χ3v) is 10.1. The van der Waals surface area contributed by atoms with Crippen molar-refractivity contribution in [3.05, 3.63) is 23.3 Å². The van der Waals surface area contributed by atoms with E-state index in [1.807, 2.05) is 19.1 Å². The minimum atomic E-state index is -1.31. The van der Waals surface area contributed by atoms with Gasteiger partial charge in [-0.2, -0.15) is 0 Å². The van der Waals surface area contributed by atoms with Crippen molar-refractivity contribution in [2.45, 2.75) is 176 Å². The maximum atomic E-state index is 12.2. The van der Waals surface area contributed by atoms with E-state index in [0.717, 1.165) is 54.4 Å². The summed E-state index contributed by atoms with van der Waals surface area (Å²) in [5.41, 5.74) is 1.58. The van der Waals surface area contributed by atoms with Crippen LogP contribution >= 0.6 is 0 Å². The quantitative estimate of drug-likeness (QED) is 0.101. The fraction of sp³-hybridized carbons (Fsp3) is 0.756. The number of carbonyl (C=O) groups is 4. The summed E-state index contributed by atoms with van der Waals surface area (Å²) in [7, 11) is 0. The van der Waals surface area contributed by atoms with Crippen molar-refractivity contribution in [3.63, 3.8) is 0 Å². The van der Waals surface area contributed by atoms with Gasteiger partial charge in [0.25, 0.3) is 0 Å². The lowest BCUT2D eigenvalue weighted by Gasteiger charge is -2.44. The van der Waals surface area contributed by atoms with Crippen molar-refractivity contribution in [2.75, 3.05) is 6.61 Å². The van der Waals surface area contributed by atoms with Gasteiger partial charge in [-0.05, 0) is 80.5 Å². The molecule has 1 saturated heterocycles. The van der Waals surface area contributed by atoms with Crippen LogP contribution in [0, 0.1) is 24.7 Å². The van der Waals surface area contributed by atoms with Gasteiger partial charge in [-0.25, -0.2) is 0 Å². The van der Waals surface area contributed by atoms with Crippen molar-refractivity contribution in [3.8, 4) is 11.5 Å². The van der Waals surface area contributed by atoms with Crippen LogP contribution in [0.5, 0.6) is 11.5 Å². The van der Waals surface area contributed by atoms with E-state index in [1.165, 1.54) is 72.6 Å². The van der Waals surface area contributed by atoms with Crippen LogP contribution in [0.2, 0.25) is 0 Å². The van der Waals surface area contributed by atoms with Gasteiger partial charge in [-0.3, -0.25) is 19.2 Å². The molecule has 0 aromatic heterocycles. The van der Waals surface area contributed by atoms with Crippen LogP contribution in [0.1, 0.15) is 138 Å². The summed E-state index contributed by atoms with van der Waals surface area (Å²) >= 11 is 0. The summed E-state index contributed by atoms with van der Waals surface area (Å²) in [6.07, 6.45) is 6.54. The fourth-order valence-electron chi connectivity index (χ4n) is 7.30. The summed E-state index contributed by atoms with van der Waals surface area (Å²) in [4.78, 5) is 48.2. The van der Waals surface area contributed by atoms with Crippen molar-refractivity contribution in [1.82, 2.24) is 0 Å². The predicted octanol–water partition coefficient (Wildman–Crippen LogP) is 7.98. The standard InChI is InChI=1S/C41H64O11/c1-25(2)14-11-15-26(3)16-12-17-27(4)18-13-20-41(10)21-19-33-23-34(22-28(5)36(33)52-41)50-40-39(49-32(9)45)38(48-31(8)44)37(47-30(7)43)35(51-40)24-46-29(6)42/h22-23,25-27,35,37-40H,11-21,24H2,1-10H3/t26-,27-,35-,37-,38+,39+,40+,41-/m1/s1. The predicted molar refractivity (Wildman–Crippen MR) is 196 cm³/mol. The molecule has 1 aromatic rings. The van der Waals surface area contributed by atoms with Crippen LogP contribution in [-0.2, 0) is 49.3 Å². The highest BCUT2D eigenvalue weighted by Crippen LogP contribution is 2.41. The highest BCUT2D eigenvalue weighted by molar-refractivity contribution is 5.68. The van der Waals surface area contributed by atoms with Crippen molar-refractivity contribution >= 4 is 23.9 Å². The highest BCUT2D eigenvalue weighted by Gasteiger charge is 2.53. The van der Waals surface area contributed by atoms with Crippen LogP contribution in [0.3, 0.4) is 0 Å². The molecule has 0 saturated carbocycles. The third-order valence-electron chi connectivity index (χ3n) is 10.1. The van der Waals surface area contributed by atoms with Gasteiger partial charge in [0.1, 0.15) is 29.8 Å². The number of esters is 4. The zero-order chi connectivity index (χ0) is 38.6. The average Bonchev–Trinajstić information content (AvgIpc) is 3.02. The van der Waals surface area contributed by atoms with E-state index in [2.05, 4.69) is 34.6 Å². The SMILES string of the molecule is CC(=O)OC[C@H]1O[C@H](Oc2cc(C)c3c(c2)CC[C@@](C)(CCC[C@H](C)CCC[C@H](C)CCCC(C)C)O3)[C@@H](OC(C)=O)[C@@H](OC(C)=O)[C@@H]1OC(C)=O. The highest BCUT2D eigenvalue weighted by atomic mass is 16.7. The Bertz CT molecular complexity index is 1340. The second kappa shape index (κ2) is 20.2. The van der Waals surface area contributed by atoms with Gasteiger partial charge in [0.05, 0.1) is 0 Å². The van der Waals surface area contributed by atoms with E-state index in [4.69, 9.17) is 33.2 Å². The first-order valence-corrected chi connectivity index (χ1v) is 19.3. The summed E-state index contributed by atoms with van der Waals surface area (Å²) in [6.45, 7) is 18.0. The number of benzene rings is 1. The molecule has 2 heterocycles. The molecule has 2 aliphatic rings. The Balaban J connectivity index is 1.67. The number of fused-ring (bicyclic) bond motifs is 1. The molecule has 0 unspecified atom stereocenters. The van der Waals surface area contributed by atoms with Gasteiger partial charge in [0.15, 0.2) is 12.2 Å². The van der Waals surface area contributed by atoms with Gasteiger partial charge >= 0.3 is 23.9 Å². The van der Waals surface area contributed by atoms with Crippen molar-refractivity contribution in [2.24, 2.45) is 17.8 Å². The molecule has 52 heavy (non-hydrogen) atoms. The van der Waals surface area contributed by atoms with Gasteiger partial charge < -0.3 is 33.2 Å². The number of hydrogen-bond donors (Lipinski definition) is 0. The number of hydrogen-bond acceptors (Lipinski definition) is 11. The van der Waals surface area contributed by atoms with Crippen molar-refractivity contribution < 1.29 is 52.3 Å². The first-order valence-electron chi connectivity index (χ1n) is 19.3. The number of aryl methyl sites for hydroxylation is 2. The van der Waals surface area contributed by atoms with Gasteiger partial charge in [0, 0.05) is 27.7 Å². The van der Waals surface area contributed by atoms with E-state index in [0.29, 0.717) is 11.7 Å². The lowest BCUT2D eigenvalue weighted by Crippen LogP contribution is -2.63. The third kappa shape index (κ3) is 13.9. The first-order chi connectivity index (χ1) is 24.5. The minimum absolute atomic E-state index is 0.273. The summed E-state index contributed by atoms with van der Waals surface area (Å²) < 4.78 is 40.9. The Morgan fingerprint density at radius 2 is 1.33 bits per heavy atom. The Labute approximate surface area is 311 Å². The molecule has 0 spiro atoms. The largest absolute Gasteiger partial charge is 0.487 e. The topological polar surface area (TPSA) is 133 Å².